The molecule has 0 aliphatic heterocycles. The van der Waals surface area contributed by atoms with Gasteiger partial charge in [0.25, 0.3) is 11.9 Å². The highest BCUT2D eigenvalue weighted by molar-refractivity contribution is 5.47. The van der Waals surface area contributed by atoms with Gasteiger partial charge in [0.2, 0.25) is 17.5 Å². The number of H-pyrrole nitrogens is 1. The molecule has 0 aliphatic rings. The van der Waals surface area contributed by atoms with E-state index < -0.39 is 29.2 Å². The molecule has 0 fully saturated rings. The molecule has 0 spiro atoms. The van der Waals surface area contributed by atoms with Gasteiger partial charge in [0.15, 0.2) is 5.76 Å². The number of aromatic amines is 1. The summed E-state index contributed by atoms with van der Waals surface area (Å²) in [6, 6.07) is 3.25. The molecule has 0 unspecified atom stereocenters. The lowest BCUT2D eigenvalue weighted by molar-refractivity contribution is 0.410. The van der Waals surface area contributed by atoms with E-state index in [1.165, 1.54) is 6.26 Å². The summed E-state index contributed by atoms with van der Waals surface area (Å²) in [7, 11) is 0. The third kappa shape index (κ3) is 2.50. The van der Waals surface area contributed by atoms with Crippen molar-refractivity contribution in [3.8, 4) is 11.6 Å². The molecule has 22 heavy (non-hydrogen) atoms. The first-order valence-electron chi connectivity index (χ1n) is 5.95. The molecule has 0 amide bonds. The highest BCUT2D eigenvalue weighted by Crippen LogP contribution is 2.22. The normalized spacial score (nSPS) is 10.9. The number of hydrogen-bond donors (Lipinski definition) is 2. The van der Waals surface area contributed by atoms with E-state index in [4.69, 9.17) is 4.42 Å². The lowest BCUT2D eigenvalue weighted by Crippen LogP contribution is -2.10. The minimum atomic E-state index is -1.74. The van der Waals surface area contributed by atoms with Crippen molar-refractivity contribution in [3.63, 3.8) is 0 Å². The number of hydrogen-bond acceptors (Lipinski definition) is 5. The summed E-state index contributed by atoms with van der Waals surface area (Å²) < 4.78 is 57.8. The Balaban J connectivity index is 1.79. The zero-order chi connectivity index (χ0) is 15.7. The van der Waals surface area contributed by atoms with Crippen molar-refractivity contribution >= 4 is 5.69 Å². The number of anilines is 1. The number of rotatable bonds is 4. The maximum atomic E-state index is 13.4. The molecule has 3 aromatic rings. The molecule has 0 aromatic carbocycles. The van der Waals surface area contributed by atoms with Gasteiger partial charge in [-0.25, -0.2) is 4.98 Å². The molecule has 10 heteroatoms. The molecule has 3 rings (SSSR count). The summed E-state index contributed by atoms with van der Waals surface area (Å²) in [6.45, 7) is -0.246. The van der Waals surface area contributed by atoms with Gasteiger partial charge in [-0.15, -0.1) is 5.10 Å². The van der Waals surface area contributed by atoms with Crippen molar-refractivity contribution in [1.29, 1.82) is 0 Å². The van der Waals surface area contributed by atoms with Gasteiger partial charge >= 0.3 is 0 Å². The van der Waals surface area contributed by atoms with Crippen LogP contribution in [0.2, 0.25) is 0 Å². The van der Waals surface area contributed by atoms with Crippen LogP contribution in [0.5, 0.6) is 0 Å². The molecule has 6 nitrogen and oxygen atoms in total. The second kappa shape index (κ2) is 5.47. The molecule has 0 saturated heterocycles. The van der Waals surface area contributed by atoms with Gasteiger partial charge in [-0.1, -0.05) is 0 Å². The van der Waals surface area contributed by atoms with E-state index in [-0.39, 0.29) is 18.2 Å². The quantitative estimate of drug-likeness (QED) is 0.572. The minimum Gasteiger partial charge on any atom is -0.461 e. The number of halogens is 4. The van der Waals surface area contributed by atoms with Gasteiger partial charge in [-0.2, -0.15) is 22.5 Å². The van der Waals surface area contributed by atoms with E-state index in [1.54, 1.807) is 12.1 Å². The van der Waals surface area contributed by atoms with Crippen LogP contribution < -0.4 is 5.32 Å². The molecule has 0 atom stereocenters. The van der Waals surface area contributed by atoms with Crippen molar-refractivity contribution in [2.45, 2.75) is 6.54 Å². The SMILES string of the molecule is Fc1nc(F)c(F)c(NCc2nc(-c3ccco3)n[nH]2)c1F. The Bertz CT molecular complexity index is 776. The molecule has 2 N–H and O–H groups in total. The number of furan rings is 1. The van der Waals surface area contributed by atoms with E-state index in [2.05, 4.69) is 25.5 Å². The standard InChI is InChI=1S/C12H7F4N5O/c13-7-9(8(14)11(16)19-10(7)15)17-4-6-18-12(21-20-6)5-2-1-3-22-5/h1-3H,4H2,(H,17,19)(H,18,20,21). The van der Waals surface area contributed by atoms with Gasteiger partial charge in [0, 0.05) is 0 Å². The fraction of sp³-hybridized carbons (Fsp3) is 0.0833. The first kappa shape index (κ1) is 14.0. The van der Waals surface area contributed by atoms with E-state index in [9.17, 15) is 17.6 Å². The largest absolute Gasteiger partial charge is 0.461 e. The van der Waals surface area contributed by atoms with Gasteiger partial charge < -0.3 is 9.73 Å². The van der Waals surface area contributed by atoms with E-state index in [0.29, 0.717) is 5.76 Å². The molecular weight excluding hydrogens is 306 g/mol. The third-order valence-corrected chi connectivity index (χ3v) is 2.70. The van der Waals surface area contributed by atoms with Gasteiger partial charge in [-0.05, 0) is 12.1 Å². The Morgan fingerprint density at radius 1 is 1.09 bits per heavy atom. The zero-order valence-corrected chi connectivity index (χ0v) is 10.7. The number of nitrogens with one attached hydrogen (secondary N) is 2. The lowest BCUT2D eigenvalue weighted by atomic mass is 10.3. The van der Waals surface area contributed by atoms with Crippen molar-refractivity contribution in [1.82, 2.24) is 20.2 Å². The smallest absolute Gasteiger partial charge is 0.253 e. The Hall–Kier alpha value is -2.91. The Morgan fingerprint density at radius 3 is 2.45 bits per heavy atom. The number of aromatic nitrogens is 4. The summed E-state index contributed by atoms with van der Waals surface area (Å²) in [5.41, 5.74) is -0.971. The average molecular weight is 313 g/mol. The maximum absolute atomic E-state index is 13.4. The third-order valence-electron chi connectivity index (χ3n) is 2.70. The van der Waals surface area contributed by atoms with Crippen LogP contribution in [0.15, 0.2) is 22.8 Å². The van der Waals surface area contributed by atoms with Crippen molar-refractivity contribution < 1.29 is 22.0 Å². The molecule has 0 aliphatic carbocycles. The first-order chi connectivity index (χ1) is 10.6. The predicted molar refractivity (Wildman–Crippen MR) is 65.5 cm³/mol. The van der Waals surface area contributed by atoms with Crippen LogP contribution in [-0.2, 0) is 6.54 Å². The predicted octanol–water partition coefficient (Wildman–Crippen LogP) is 2.63. The molecule has 0 saturated carbocycles. The Labute approximate surface area is 120 Å². The van der Waals surface area contributed by atoms with Crippen LogP contribution in [-0.4, -0.2) is 20.2 Å². The monoisotopic (exact) mass is 313 g/mol. The Kier molecular flexibility index (Phi) is 3.49. The highest BCUT2D eigenvalue weighted by atomic mass is 19.2. The van der Waals surface area contributed by atoms with Crippen LogP contribution in [0.4, 0.5) is 23.2 Å². The molecule has 0 radical (unpaired) electrons. The van der Waals surface area contributed by atoms with Crippen molar-refractivity contribution in [3.05, 3.63) is 47.8 Å². The molecule has 3 heterocycles. The topological polar surface area (TPSA) is 79.6 Å². The molecule has 0 bridgehead atoms. The fourth-order valence-corrected chi connectivity index (χ4v) is 1.70. The second-order valence-corrected chi connectivity index (χ2v) is 4.13. The fourth-order valence-electron chi connectivity index (χ4n) is 1.70. The summed E-state index contributed by atoms with van der Waals surface area (Å²) in [5, 5.41) is 8.54. The van der Waals surface area contributed by atoms with Crippen LogP contribution >= 0.6 is 0 Å². The average Bonchev–Trinajstić information content (AvgIpc) is 3.16. The minimum absolute atomic E-state index is 0.183. The van der Waals surface area contributed by atoms with Crippen LogP contribution in [0.3, 0.4) is 0 Å². The summed E-state index contributed by atoms with van der Waals surface area (Å²) >= 11 is 0. The van der Waals surface area contributed by atoms with E-state index in [0.717, 1.165) is 0 Å². The molecule has 114 valence electrons. The number of pyridine rings is 1. The zero-order valence-electron chi connectivity index (χ0n) is 10.7. The van der Waals surface area contributed by atoms with Crippen LogP contribution in [0.25, 0.3) is 11.6 Å². The highest BCUT2D eigenvalue weighted by Gasteiger charge is 2.20. The van der Waals surface area contributed by atoms with Crippen molar-refractivity contribution in [2.75, 3.05) is 5.32 Å². The van der Waals surface area contributed by atoms with Gasteiger partial charge in [0.05, 0.1) is 12.8 Å². The summed E-state index contributed by atoms with van der Waals surface area (Å²) in [4.78, 5) is 6.46. The number of nitrogens with zero attached hydrogens (tertiary/aromatic N) is 3. The lowest BCUT2D eigenvalue weighted by Gasteiger charge is -2.07. The van der Waals surface area contributed by atoms with Gasteiger partial charge in [0.1, 0.15) is 11.5 Å². The Morgan fingerprint density at radius 2 is 1.82 bits per heavy atom. The molecule has 3 aromatic heterocycles. The second-order valence-electron chi connectivity index (χ2n) is 4.13. The summed E-state index contributed by atoms with van der Waals surface area (Å²) in [5.74, 6) is -5.92. The van der Waals surface area contributed by atoms with E-state index in [1.807, 2.05) is 0 Å². The first-order valence-corrected chi connectivity index (χ1v) is 5.95. The van der Waals surface area contributed by atoms with Crippen LogP contribution in [0, 0.1) is 23.5 Å². The van der Waals surface area contributed by atoms with Crippen molar-refractivity contribution in [2.24, 2.45) is 0 Å². The van der Waals surface area contributed by atoms with Crippen LogP contribution in [0.1, 0.15) is 5.82 Å². The van der Waals surface area contributed by atoms with E-state index >= 15 is 0 Å². The maximum Gasteiger partial charge on any atom is 0.253 e. The van der Waals surface area contributed by atoms with Gasteiger partial charge in [-0.3, -0.25) is 5.10 Å². The summed E-state index contributed by atoms with van der Waals surface area (Å²) in [6.07, 6.45) is 1.43. The molecular formula is C12H7F4N5O.